The number of azo groups is 1. The highest BCUT2D eigenvalue weighted by molar-refractivity contribution is 7.80. The number of ether oxygens (including phenoxy) is 5. The van der Waals surface area contributed by atoms with Crippen LogP contribution in [0.1, 0.15) is 27.7 Å². The molecular weight excluding hydrogens is 585 g/mol. The molecule has 0 unspecified atom stereocenters. The van der Waals surface area contributed by atoms with Gasteiger partial charge < -0.3 is 33.8 Å². The third kappa shape index (κ3) is 8.72. The van der Waals surface area contributed by atoms with Gasteiger partial charge in [0.2, 0.25) is 5.11 Å². The van der Waals surface area contributed by atoms with Crippen LogP contribution in [0.2, 0.25) is 0 Å². The summed E-state index contributed by atoms with van der Waals surface area (Å²) < 4.78 is 40.1. The number of benzene rings is 1. The molecule has 5 atom stereocenters. The van der Waals surface area contributed by atoms with Crippen LogP contribution < -0.4 is 15.9 Å². The summed E-state index contributed by atoms with van der Waals surface area (Å²) in [5.74, 6) is -4.39. The van der Waals surface area contributed by atoms with Crippen molar-refractivity contribution in [3.8, 4) is 0 Å². The van der Waals surface area contributed by atoms with Crippen molar-refractivity contribution in [1.82, 2.24) is 10.9 Å². The van der Waals surface area contributed by atoms with Crippen LogP contribution in [-0.4, -0.2) is 72.2 Å². The van der Waals surface area contributed by atoms with Crippen LogP contribution >= 0.6 is 12.2 Å². The number of hydrogen-bond donors (Lipinski definition) is 2. The molecule has 42 heavy (non-hydrogen) atoms. The van der Waals surface area contributed by atoms with E-state index in [1.807, 2.05) is 0 Å². The lowest BCUT2D eigenvalue weighted by molar-refractivity contribution is -0.254. The van der Waals surface area contributed by atoms with Crippen LogP contribution in [0.25, 0.3) is 0 Å². The average Bonchev–Trinajstić information content (AvgIpc) is 3.26. The van der Waals surface area contributed by atoms with Gasteiger partial charge in [0.15, 0.2) is 30.2 Å². The van der Waals surface area contributed by atoms with Gasteiger partial charge in [-0.05, 0) is 36.5 Å². The van der Waals surface area contributed by atoms with E-state index >= 15 is 0 Å². The van der Waals surface area contributed by atoms with Crippen molar-refractivity contribution in [2.24, 2.45) is 10.2 Å². The van der Waals surface area contributed by atoms with Crippen LogP contribution in [0.4, 0.5) is 10.1 Å². The Bertz CT molecular complexity index is 1290. The molecule has 0 spiro atoms. The smallest absolute Gasteiger partial charge is 0.378 e. The van der Waals surface area contributed by atoms with Crippen molar-refractivity contribution in [2.75, 3.05) is 11.6 Å². The molecule has 16 nitrogen and oxygen atoms in total. The summed E-state index contributed by atoms with van der Waals surface area (Å²) in [6, 6.07) is 5.11. The molecular formula is C24H26FN5O11S. The maximum Gasteiger partial charge on any atom is 0.378 e. The minimum absolute atomic E-state index is 0.125. The monoisotopic (exact) mass is 611 g/mol. The summed E-state index contributed by atoms with van der Waals surface area (Å²) in [5.41, 5.74) is 2.57. The summed E-state index contributed by atoms with van der Waals surface area (Å²) in [7, 11) is 0. The van der Waals surface area contributed by atoms with Gasteiger partial charge in [0.1, 0.15) is 18.5 Å². The molecule has 2 aliphatic heterocycles. The van der Waals surface area contributed by atoms with Crippen molar-refractivity contribution in [2.45, 2.75) is 58.3 Å². The van der Waals surface area contributed by atoms with Crippen molar-refractivity contribution in [3.63, 3.8) is 0 Å². The fraction of sp³-hybridized carbons (Fsp3) is 0.417. The van der Waals surface area contributed by atoms with Crippen LogP contribution in [0.15, 0.2) is 46.4 Å². The van der Waals surface area contributed by atoms with Crippen LogP contribution in [0.5, 0.6) is 0 Å². The SMILES string of the molecule is CC(=O)OC[C@H]1O[C@@H](NC(=S)N=N/C=C2\C(=O)ONN2c2ccc(F)cc2)[C@H](OC(C)=O)[C@@H](OC(C)=O)[C@@H]1OC(C)=O. The normalized spacial score (nSPS) is 24.6. The topological polar surface area (TPSA) is 193 Å². The maximum atomic E-state index is 13.3. The van der Waals surface area contributed by atoms with E-state index in [9.17, 15) is 28.4 Å². The molecule has 0 aliphatic carbocycles. The van der Waals surface area contributed by atoms with E-state index in [0.717, 1.165) is 33.9 Å². The van der Waals surface area contributed by atoms with Gasteiger partial charge in [0.25, 0.3) is 0 Å². The van der Waals surface area contributed by atoms with E-state index in [-0.39, 0.29) is 10.8 Å². The Morgan fingerprint density at radius 2 is 1.60 bits per heavy atom. The molecule has 0 aromatic heterocycles. The quantitative estimate of drug-likeness (QED) is 0.138. The number of rotatable bonds is 8. The van der Waals surface area contributed by atoms with Crippen molar-refractivity contribution >= 4 is 52.9 Å². The molecule has 2 heterocycles. The number of nitrogens with one attached hydrogen (secondary N) is 2. The highest BCUT2D eigenvalue weighted by Gasteiger charge is 2.52. The third-order valence-corrected chi connectivity index (χ3v) is 5.55. The van der Waals surface area contributed by atoms with Gasteiger partial charge in [-0.1, -0.05) is 5.59 Å². The zero-order valence-corrected chi connectivity index (χ0v) is 23.4. The molecule has 0 radical (unpaired) electrons. The Hall–Kier alpha value is -4.55. The number of esters is 4. The number of hydrazine groups is 1. The molecule has 0 saturated carbocycles. The molecule has 2 N–H and O–H groups in total. The van der Waals surface area contributed by atoms with E-state index in [1.165, 1.54) is 29.3 Å². The molecule has 2 saturated heterocycles. The van der Waals surface area contributed by atoms with Gasteiger partial charge in [0.05, 0.1) is 11.9 Å². The molecule has 0 amide bonds. The van der Waals surface area contributed by atoms with E-state index in [1.54, 1.807) is 0 Å². The first-order chi connectivity index (χ1) is 19.8. The summed E-state index contributed by atoms with van der Waals surface area (Å²) in [4.78, 5) is 64.1. The number of halogens is 1. The third-order valence-electron chi connectivity index (χ3n) is 5.35. The number of anilines is 1. The van der Waals surface area contributed by atoms with Gasteiger partial charge in [-0.2, -0.15) is 5.11 Å². The summed E-state index contributed by atoms with van der Waals surface area (Å²) in [5, 5.41) is 11.0. The Morgan fingerprint density at radius 1 is 1.00 bits per heavy atom. The highest BCUT2D eigenvalue weighted by Crippen LogP contribution is 2.28. The number of nitrogens with zero attached hydrogens (tertiary/aromatic N) is 3. The van der Waals surface area contributed by atoms with Crippen molar-refractivity contribution < 1.29 is 56.9 Å². The lowest BCUT2D eigenvalue weighted by Gasteiger charge is -2.44. The maximum absolute atomic E-state index is 13.3. The van der Waals surface area contributed by atoms with E-state index in [2.05, 4.69) is 21.1 Å². The highest BCUT2D eigenvalue weighted by atomic mass is 32.1. The first kappa shape index (κ1) is 32.0. The van der Waals surface area contributed by atoms with Crippen LogP contribution in [0.3, 0.4) is 0 Å². The fourth-order valence-corrected chi connectivity index (χ4v) is 3.97. The fourth-order valence-electron chi connectivity index (χ4n) is 3.80. The predicted octanol–water partition coefficient (Wildman–Crippen LogP) is 0.860. The second-order valence-corrected chi connectivity index (χ2v) is 8.98. The van der Waals surface area contributed by atoms with Gasteiger partial charge in [-0.15, -0.1) is 5.11 Å². The Morgan fingerprint density at radius 3 is 2.19 bits per heavy atom. The van der Waals surface area contributed by atoms with Gasteiger partial charge in [0, 0.05) is 27.7 Å². The minimum atomic E-state index is -1.43. The number of carbonyl (C=O) groups excluding carboxylic acids is 5. The first-order valence-electron chi connectivity index (χ1n) is 12.1. The first-order valence-corrected chi connectivity index (χ1v) is 12.5. The lowest BCUT2D eigenvalue weighted by atomic mass is 9.97. The standard InChI is InChI=1S/C24H26FN5O11S/c1-11(31)36-10-18-19(37-12(2)32)20(38-13(3)33)21(39-14(4)34)22(40-18)27-24(42)28-26-9-17-23(35)41-29-30(17)16-7-5-15(25)6-8-16/h5-9,18-22,29H,10H2,1-4H3,(H,27,42)/b17-9+,28-26?/t18-,19-,20+,21-,22-/m1/s1. The Labute approximate surface area is 243 Å². The molecule has 1 aromatic carbocycles. The van der Waals surface area contributed by atoms with Gasteiger partial charge in [-0.3, -0.25) is 19.2 Å². The van der Waals surface area contributed by atoms with Crippen LogP contribution in [0, 0.1) is 5.82 Å². The predicted molar refractivity (Wildman–Crippen MR) is 139 cm³/mol. The van der Waals surface area contributed by atoms with Crippen molar-refractivity contribution in [3.05, 3.63) is 42.0 Å². The lowest BCUT2D eigenvalue weighted by Crippen LogP contribution is -2.66. The van der Waals surface area contributed by atoms with E-state index < -0.39 is 72.9 Å². The van der Waals surface area contributed by atoms with E-state index in [0.29, 0.717) is 5.69 Å². The molecule has 18 heteroatoms. The van der Waals surface area contributed by atoms with Crippen molar-refractivity contribution in [1.29, 1.82) is 0 Å². The minimum Gasteiger partial charge on any atom is -0.463 e. The number of carbonyl (C=O) groups is 5. The van der Waals surface area contributed by atoms with Crippen LogP contribution in [-0.2, 0) is 52.5 Å². The second-order valence-electron chi connectivity index (χ2n) is 8.59. The molecule has 0 bridgehead atoms. The van der Waals surface area contributed by atoms with E-state index in [4.69, 9.17) is 40.7 Å². The summed E-state index contributed by atoms with van der Waals surface area (Å²) in [6.07, 6.45) is -5.79. The average molecular weight is 612 g/mol. The molecule has 1 aromatic rings. The Balaban J connectivity index is 1.85. The molecule has 2 fully saturated rings. The summed E-state index contributed by atoms with van der Waals surface area (Å²) >= 11 is 5.19. The number of hydrogen-bond acceptors (Lipinski definition) is 15. The summed E-state index contributed by atoms with van der Waals surface area (Å²) in [6.45, 7) is 3.96. The molecule has 2 aliphatic rings. The zero-order chi connectivity index (χ0) is 31.0. The van der Waals surface area contributed by atoms with Gasteiger partial charge >= 0.3 is 29.8 Å². The Kier molecular flexibility index (Phi) is 10.9. The van der Waals surface area contributed by atoms with Gasteiger partial charge in [-0.25, -0.2) is 14.2 Å². The number of thiocarbonyl (C=S) groups is 1. The molecule has 226 valence electrons. The molecule has 3 rings (SSSR count). The largest absolute Gasteiger partial charge is 0.463 e. The zero-order valence-electron chi connectivity index (χ0n) is 22.6. The second kappa shape index (κ2) is 14.4.